The van der Waals surface area contributed by atoms with Gasteiger partial charge < -0.3 is 39.7 Å². The smallest absolute Gasteiger partial charge is 0.334 e. The van der Waals surface area contributed by atoms with E-state index in [2.05, 4.69) is 4.90 Å². The molecular formula is C26H30N2O9. The van der Waals surface area contributed by atoms with Gasteiger partial charge in [-0.2, -0.15) is 0 Å². The normalized spacial score (nSPS) is 34.3. The summed E-state index contributed by atoms with van der Waals surface area (Å²) in [6, 6.07) is 2.36. The standard InChI is InChI=1S/C26H30N2O9/c1-27-10-8-25-20-13-4-5-15(29)21(20)37-22(25)17(6-7-26(25,35)18(27)11-13)36-24(34)14-3-2-9-28(14)19(31)12-16(30)23(32)33/h4-6,14,16,18,22,29-30,35H,2-3,7-12H2,1H3,(H,32,33)/t14?,16-,18+,22-,25-,26+/m0/s1. The van der Waals surface area contributed by atoms with Crippen molar-refractivity contribution in [2.24, 2.45) is 0 Å². The highest BCUT2D eigenvalue weighted by atomic mass is 16.6. The molecule has 1 amide bonds. The number of carboxylic acids is 1. The van der Waals surface area contributed by atoms with Gasteiger partial charge in [0, 0.05) is 24.6 Å². The first-order valence-electron chi connectivity index (χ1n) is 12.6. The first-order chi connectivity index (χ1) is 17.6. The van der Waals surface area contributed by atoms with Crippen molar-refractivity contribution in [2.45, 2.75) is 73.8 Å². The second-order valence-electron chi connectivity index (χ2n) is 10.8. The Morgan fingerprint density at radius 2 is 2.05 bits per heavy atom. The van der Waals surface area contributed by atoms with Gasteiger partial charge in [0.1, 0.15) is 11.8 Å². The first kappa shape index (κ1) is 24.2. The number of amides is 1. The molecule has 0 saturated carbocycles. The van der Waals surface area contributed by atoms with Gasteiger partial charge in [0.05, 0.1) is 17.4 Å². The second-order valence-corrected chi connectivity index (χ2v) is 10.8. The summed E-state index contributed by atoms with van der Waals surface area (Å²) in [5, 5.41) is 41.3. The minimum atomic E-state index is -1.85. The van der Waals surface area contributed by atoms with E-state index in [9.17, 15) is 29.7 Å². The molecule has 6 atom stereocenters. The molecule has 2 aliphatic carbocycles. The number of likely N-dealkylation sites (N-methyl/N-ethyl adjacent to an activating group) is 1. The van der Waals surface area contributed by atoms with Crippen LogP contribution >= 0.6 is 0 Å². The lowest BCUT2D eigenvalue weighted by molar-refractivity contribution is -0.171. The van der Waals surface area contributed by atoms with Crippen LogP contribution in [0.4, 0.5) is 0 Å². The molecule has 37 heavy (non-hydrogen) atoms. The number of piperidine rings is 1. The van der Waals surface area contributed by atoms with Gasteiger partial charge in [-0.1, -0.05) is 6.07 Å². The molecule has 1 aromatic carbocycles. The summed E-state index contributed by atoms with van der Waals surface area (Å²) in [5.74, 6) is -2.29. The monoisotopic (exact) mass is 514 g/mol. The molecule has 3 aliphatic heterocycles. The molecule has 6 rings (SSSR count). The van der Waals surface area contributed by atoms with Crippen LogP contribution in [0.3, 0.4) is 0 Å². The Morgan fingerprint density at radius 1 is 1.27 bits per heavy atom. The number of rotatable bonds is 5. The number of esters is 1. The van der Waals surface area contributed by atoms with Crippen LogP contribution in [0.1, 0.15) is 43.2 Å². The number of ether oxygens (including phenoxy) is 2. The van der Waals surface area contributed by atoms with Crippen molar-refractivity contribution in [2.75, 3.05) is 20.1 Å². The largest absolute Gasteiger partial charge is 0.504 e. The first-order valence-corrected chi connectivity index (χ1v) is 12.6. The summed E-state index contributed by atoms with van der Waals surface area (Å²) >= 11 is 0. The van der Waals surface area contributed by atoms with E-state index in [0.717, 1.165) is 11.1 Å². The van der Waals surface area contributed by atoms with Crippen LogP contribution in [0, 0.1) is 0 Å². The van der Waals surface area contributed by atoms with Crippen LogP contribution in [-0.2, 0) is 31.0 Å². The summed E-state index contributed by atoms with van der Waals surface area (Å²) in [7, 11) is 1.98. The fourth-order valence-corrected chi connectivity index (χ4v) is 7.30. The maximum absolute atomic E-state index is 13.3. The Morgan fingerprint density at radius 3 is 2.81 bits per heavy atom. The molecule has 2 bridgehead atoms. The fraction of sp³-hybridized carbons (Fsp3) is 0.577. The average Bonchev–Trinajstić information content (AvgIpc) is 3.48. The molecule has 5 aliphatic rings. The molecule has 11 heteroatoms. The maximum Gasteiger partial charge on any atom is 0.334 e. The van der Waals surface area contributed by atoms with Crippen LogP contribution in [-0.4, -0.2) is 98.1 Å². The minimum absolute atomic E-state index is 0.0301. The van der Waals surface area contributed by atoms with Crippen molar-refractivity contribution < 1.29 is 44.3 Å². The van der Waals surface area contributed by atoms with Gasteiger partial charge in [0.15, 0.2) is 23.7 Å². The summed E-state index contributed by atoms with van der Waals surface area (Å²) < 4.78 is 12.2. The van der Waals surface area contributed by atoms with E-state index >= 15 is 0 Å². The zero-order valence-corrected chi connectivity index (χ0v) is 20.4. The molecule has 198 valence electrons. The summed E-state index contributed by atoms with van der Waals surface area (Å²) in [6.07, 6.45) is 0.640. The third kappa shape index (κ3) is 3.20. The number of phenolic OH excluding ortho intramolecular Hbond substituents is 1. The lowest BCUT2D eigenvalue weighted by Gasteiger charge is -2.61. The predicted molar refractivity (Wildman–Crippen MR) is 126 cm³/mol. The number of benzene rings is 1. The quantitative estimate of drug-likeness (QED) is 0.396. The molecule has 11 nitrogen and oxygen atoms in total. The molecule has 0 radical (unpaired) electrons. The molecular weight excluding hydrogens is 484 g/mol. The van der Waals surface area contributed by atoms with E-state index in [1.54, 1.807) is 12.1 Å². The zero-order valence-electron chi connectivity index (χ0n) is 20.4. The number of likely N-dealkylation sites (tertiary alicyclic amines) is 2. The highest BCUT2D eigenvalue weighted by Gasteiger charge is 2.72. The highest BCUT2D eigenvalue weighted by Crippen LogP contribution is 2.65. The van der Waals surface area contributed by atoms with Crippen molar-refractivity contribution in [3.63, 3.8) is 0 Å². The van der Waals surface area contributed by atoms with Crippen molar-refractivity contribution in [1.82, 2.24) is 9.80 Å². The van der Waals surface area contributed by atoms with Gasteiger partial charge in [0.2, 0.25) is 5.91 Å². The van der Waals surface area contributed by atoms with Crippen LogP contribution in [0.2, 0.25) is 0 Å². The zero-order chi connectivity index (χ0) is 26.3. The lowest BCUT2D eigenvalue weighted by atomic mass is 9.50. The summed E-state index contributed by atoms with van der Waals surface area (Å²) in [6.45, 7) is 0.948. The second kappa shape index (κ2) is 8.17. The molecule has 4 N–H and O–H groups in total. The molecule has 2 saturated heterocycles. The molecule has 0 aromatic heterocycles. The van der Waals surface area contributed by atoms with Crippen LogP contribution in [0.15, 0.2) is 24.0 Å². The van der Waals surface area contributed by atoms with Gasteiger partial charge in [-0.05, 0) is 57.0 Å². The Labute approximate surface area is 212 Å². The fourth-order valence-electron chi connectivity index (χ4n) is 7.30. The van der Waals surface area contributed by atoms with Crippen LogP contribution in [0.5, 0.6) is 11.5 Å². The molecule has 2 fully saturated rings. The van der Waals surface area contributed by atoms with E-state index in [4.69, 9.17) is 14.6 Å². The Bertz CT molecular complexity index is 1230. The number of aliphatic carboxylic acids is 1. The number of aromatic hydroxyl groups is 1. The number of aliphatic hydroxyl groups excluding tert-OH is 1. The molecule has 1 spiro atoms. The van der Waals surface area contributed by atoms with E-state index in [0.29, 0.717) is 38.0 Å². The average molecular weight is 515 g/mol. The summed E-state index contributed by atoms with van der Waals surface area (Å²) in [4.78, 5) is 40.3. The Balaban J connectivity index is 1.31. The number of hydrogen-bond acceptors (Lipinski definition) is 9. The van der Waals surface area contributed by atoms with E-state index < -0.39 is 53.5 Å². The van der Waals surface area contributed by atoms with Gasteiger partial charge in [-0.15, -0.1) is 0 Å². The molecule has 1 aromatic rings. The van der Waals surface area contributed by atoms with Gasteiger partial charge in [0.25, 0.3) is 0 Å². The minimum Gasteiger partial charge on any atom is -0.504 e. The molecule has 1 unspecified atom stereocenters. The Hall–Kier alpha value is -3.15. The number of nitrogens with zero attached hydrogens (tertiary/aromatic N) is 2. The Kier molecular flexibility index (Phi) is 5.35. The summed E-state index contributed by atoms with van der Waals surface area (Å²) in [5.41, 5.74) is -0.304. The number of carbonyl (C=O) groups is 3. The van der Waals surface area contributed by atoms with Gasteiger partial charge >= 0.3 is 11.9 Å². The van der Waals surface area contributed by atoms with Gasteiger partial charge in [-0.25, -0.2) is 9.59 Å². The van der Waals surface area contributed by atoms with E-state index in [-0.39, 0.29) is 30.5 Å². The maximum atomic E-state index is 13.3. The van der Waals surface area contributed by atoms with Crippen molar-refractivity contribution in [1.29, 1.82) is 0 Å². The topological polar surface area (TPSA) is 157 Å². The van der Waals surface area contributed by atoms with Crippen molar-refractivity contribution >= 4 is 17.8 Å². The number of hydrogen-bond donors (Lipinski definition) is 4. The third-order valence-electron chi connectivity index (χ3n) is 9.07. The van der Waals surface area contributed by atoms with E-state index in [1.165, 1.54) is 4.90 Å². The van der Waals surface area contributed by atoms with Crippen molar-refractivity contribution in [3.05, 3.63) is 35.1 Å². The number of carboxylic acid groups (broad SMARTS) is 1. The van der Waals surface area contributed by atoms with Gasteiger partial charge in [-0.3, -0.25) is 4.79 Å². The van der Waals surface area contributed by atoms with Crippen LogP contribution in [0.25, 0.3) is 0 Å². The number of carbonyl (C=O) groups excluding carboxylic acids is 2. The van der Waals surface area contributed by atoms with Crippen molar-refractivity contribution in [3.8, 4) is 11.5 Å². The van der Waals surface area contributed by atoms with Crippen LogP contribution < -0.4 is 4.74 Å². The van der Waals surface area contributed by atoms with E-state index in [1.807, 2.05) is 13.1 Å². The SMILES string of the molecule is CN1CC[C@]23c4c5ccc(O)c4O[C@H]2C(OC(=O)C2CCCN2C(=O)C[C@H](O)C(=O)O)=CC[C@@]3(O)[C@H]1C5. The predicted octanol–water partition coefficient (Wildman–Crippen LogP) is 0.0397. The lowest BCUT2D eigenvalue weighted by Crippen LogP contribution is -2.74. The highest BCUT2D eigenvalue weighted by molar-refractivity contribution is 5.88. The number of phenols is 1. The third-order valence-corrected chi connectivity index (χ3v) is 9.07. The molecule has 3 heterocycles. The number of aliphatic hydroxyl groups is 2.